The number of halogens is 1. The third kappa shape index (κ3) is 4.12. The van der Waals surface area contributed by atoms with Crippen LogP contribution in [0.25, 0.3) is 5.69 Å². The Balaban J connectivity index is 1.80. The van der Waals surface area contributed by atoms with Gasteiger partial charge in [0.1, 0.15) is 5.02 Å². The summed E-state index contributed by atoms with van der Waals surface area (Å²) in [5.74, 6) is 0. The van der Waals surface area contributed by atoms with Gasteiger partial charge in [0.15, 0.2) is 0 Å². The van der Waals surface area contributed by atoms with Gasteiger partial charge in [0.2, 0.25) is 0 Å². The minimum atomic E-state index is -0.365. The van der Waals surface area contributed by atoms with Crippen molar-refractivity contribution >= 4 is 17.3 Å². The predicted molar refractivity (Wildman–Crippen MR) is 104 cm³/mol. The summed E-state index contributed by atoms with van der Waals surface area (Å²) in [6.07, 6.45) is 1.42. The number of aromatic nitrogens is 2. The molecule has 1 aromatic heterocycles. The van der Waals surface area contributed by atoms with Crippen molar-refractivity contribution in [3.63, 3.8) is 0 Å². The molecule has 0 amide bonds. The van der Waals surface area contributed by atoms with Gasteiger partial charge in [-0.3, -0.25) is 4.79 Å². The molecule has 1 heterocycles. The summed E-state index contributed by atoms with van der Waals surface area (Å²) in [6, 6.07) is 19.1. The molecule has 5 nitrogen and oxygen atoms in total. The van der Waals surface area contributed by atoms with Crippen LogP contribution >= 0.6 is 11.6 Å². The average molecular weight is 370 g/mol. The number of hydrogen-bond acceptors (Lipinski definition) is 4. The van der Waals surface area contributed by atoms with E-state index in [1.165, 1.54) is 4.68 Å². The second kappa shape index (κ2) is 8.65. The molecule has 0 aliphatic rings. The first-order valence-electron chi connectivity index (χ1n) is 8.44. The fourth-order valence-corrected chi connectivity index (χ4v) is 2.85. The average Bonchev–Trinajstić information content (AvgIpc) is 2.69. The van der Waals surface area contributed by atoms with Crippen LogP contribution in [0.1, 0.15) is 18.6 Å². The second-order valence-corrected chi connectivity index (χ2v) is 6.04. The summed E-state index contributed by atoms with van der Waals surface area (Å²) in [7, 11) is 0. The highest BCUT2D eigenvalue weighted by molar-refractivity contribution is 6.32. The molecule has 0 bridgehead atoms. The summed E-state index contributed by atoms with van der Waals surface area (Å²) in [5.41, 5.74) is 1.85. The van der Waals surface area contributed by atoms with E-state index in [1.807, 2.05) is 55.5 Å². The lowest BCUT2D eigenvalue weighted by molar-refractivity contribution is 0.0719. The molecule has 134 valence electrons. The Morgan fingerprint density at radius 1 is 1.12 bits per heavy atom. The standard InChI is InChI=1S/C20H20ClN3O2/c1-2-26-18(15-9-5-3-6-10-15)14-22-17-13-23-24(20(25)19(17)21)16-11-7-4-8-12-16/h3-13,18,22H,2,14H2,1H3. The topological polar surface area (TPSA) is 56.1 Å². The molecule has 3 rings (SSSR count). The maximum atomic E-state index is 12.5. The summed E-state index contributed by atoms with van der Waals surface area (Å²) >= 11 is 6.28. The van der Waals surface area contributed by atoms with E-state index in [9.17, 15) is 4.79 Å². The van der Waals surface area contributed by atoms with E-state index in [0.717, 1.165) is 5.56 Å². The minimum Gasteiger partial charge on any atom is -0.379 e. The highest BCUT2D eigenvalue weighted by Crippen LogP contribution is 2.21. The second-order valence-electron chi connectivity index (χ2n) is 5.66. The molecule has 1 atom stereocenters. The van der Waals surface area contributed by atoms with Gasteiger partial charge in [0, 0.05) is 13.2 Å². The Kier molecular flexibility index (Phi) is 6.04. The lowest BCUT2D eigenvalue weighted by Crippen LogP contribution is -2.24. The van der Waals surface area contributed by atoms with Gasteiger partial charge in [-0.25, -0.2) is 0 Å². The summed E-state index contributed by atoms with van der Waals surface area (Å²) in [4.78, 5) is 12.5. The van der Waals surface area contributed by atoms with Crippen molar-refractivity contribution in [2.24, 2.45) is 0 Å². The van der Waals surface area contributed by atoms with Crippen molar-refractivity contribution in [3.05, 3.63) is 87.8 Å². The molecule has 26 heavy (non-hydrogen) atoms. The molecule has 0 saturated heterocycles. The van der Waals surface area contributed by atoms with Gasteiger partial charge in [-0.2, -0.15) is 9.78 Å². The molecule has 0 fully saturated rings. The number of hydrogen-bond donors (Lipinski definition) is 1. The molecule has 6 heteroatoms. The Labute approximate surface area is 157 Å². The van der Waals surface area contributed by atoms with Gasteiger partial charge in [-0.15, -0.1) is 0 Å². The van der Waals surface area contributed by atoms with Crippen LogP contribution in [0.3, 0.4) is 0 Å². The Hall–Kier alpha value is -2.63. The van der Waals surface area contributed by atoms with Crippen molar-refractivity contribution in [2.75, 3.05) is 18.5 Å². The first-order chi connectivity index (χ1) is 12.7. The van der Waals surface area contributed by atoms with Crippen LogP contribution in [-0.2, 0) is 4.74 Å². The lowest BCUT2D eigenvalue weighted by atomic mass is 10.1. The number of benzene rings is 2. The highest BCUT2D eigenvalue weighted by Gasteiger charge is 2.14. The van der Waals surface area contributed by atoms with E-state index >= 15 is 0 Å². The van der Waals surface area contributed by atoms with E-state index in [0.29, 0.717) is 24.5 Å². The van der Waals surface area contributed by atoms with Crippen molar-refractivity contribution < 1.29 is 4.74 Å². The zero-order valence-corrected chi connectivity index (χ0v) is 15.2. The number of para-hydroxylation sites is 1. The molecule has 1 unspecified atom stereocenters. The summed E-state index contributed by atoms with van der Waals surface area (Å²) in [6.45, 7) is 3.02. The number of rotatable bonds is 7. The maximum Gasteiger partial charge on any atom is 0.292 e. The molecule has 2 aromatic carbocycles. The Morgan fingerprint density at radius 2 is 1.77 bits per heavy atom. The predicted octanol–water partition coefficient (Wildman–Crippen LogP) is 4.08. The third-order valence-corrected chi connectivity index (χ3v) is 4.30. The van der Waals surface area contributed by atoms with E-state index in [2.05, 4.69) is 10.4 Å². The van der Waals surface area contributed by atoms with Crippen molar-refractivity contribution in [1.29, 1.82) is 0 Å². The Bertz CT molecular complexity index is 898. The van der Waals surface area contributed by atoms with Crippen molar-refractivity contribution in [3.8, 4) is 5.69 Å². The maximum absolute atomic E-state index is 12.5. The van der Waals surface area contributed by atoms with E-state index < -0.39 is 0 Å². The van der Waals surface area contributed by atoms with Crippen molar-refractivity contribution in [2.45, 2.75) is 13.0 Å². The molecular weight excluding hydrogens is 350 g/mol. The Morgan fingerprint density at radius 3 is 2.42 bits per heavy atom. The van der Waals surface area contributed by atoms with Gasteiger partial charge >= 0.3 is 0 Å². The SMILES string of the molecule is CCOC(CNc1cnn(-c2ccccc2)c(=O)c1Cl)c1ccccc1. The van der Waals surface area contributed by atoms with Crippen molar-refractivity contribution in [1.82, 2.24) is 9.78 Å². The van der Waals surface area contributed by atoms with E-state index in [1.54, 1.807) is 18.3 Å². The number of nitrogens with one attached hydrogen (secondary N) is 1. The van der Waals surface area contributed by atoms with Crippen LogP contribution in [0.5, 0.6) is 0 Å². The number of ether oxygens (including phenoxy) is 1. The van der Waals surface area contributed by atoms with Crippen LogP contribution in [-0.4, -0.2) is 22.9 Å². The van der Waals surface area contributed by atoms with Gasteiger partial charge in [-0.1, -0.05) is 60.1 Å². The first kappa shape index (κ1) is 18.2. The highest BCUT2D eigenvalue weighted by atomic mass is 35.5. The monoisotopic (exact) mass is 369 g/mol. The summed E-state index contributed by atoms with van der Waals surface area (Å²) in [5, 5.41) is 7.51. The van der Waals surface area contributed by atoms with Crippen LogP contribution in [0.2, 0.25) is 5.02 Å². The molecule has 0 aliphatic carbocycles. The molecule has 1 N–H and O–H groups in total. The van der Waals surface area contributed by atoms with Crippen LogP contribution in [0, 0.1) is 0 Å². The fourth-order valence-electron chi connectivity index (χ4n) is 2.65. The lowest BCUT2D eigenvalue weighted by Gasteiger charge is -2.19. The first-order valence-corrected chi connectivity index (χ1v) is 8.82. The molecule has 0 radical (unpaired) electrons. The number of anilines is 1. The van der Waals surface area contributed by atoms with Gasteiger partial charge in [0.05, 0.1) is 23.7 Å². The van der Waals surface area contributed by atoms with Gasteiger partial charge < -0.3 is 10.1 Å². The van der Waals surface area contributed by atoms with Gasteiger partial charge in [-0.05, 0) is 24.6 Å². The van der Waals surface area contributed by atoms with E-state index in [4.69, 9.17) is 16.3 Å². The quantitative estimate of drug-likeness (QED) is 0.682. The third-order valence-electron chi connectivity index (χ3n) is 3.94. The molecule has 0 aliphatic heterocycles. The normalized spacial score (nSPS) is 11.9. The summed E-state index contributed by atoms with van der Waals surface area (Å²) < 4.78 is 7.09. The zero-order chi connectivity index (χ0) is 18.4. The van der Waals surface area contributed by atoms with Crippen LogP contribution in [0.15, 0.2) is 71.7 Å². The molecule has 3 aromatic rings. The smallest absolute Gasteiger partial charge is 0.292 e. The van der Waals surface area contributed by atoms with E-state index in [-0.39, 0.29) is 16.7 Å². The van der Waals surface area contributed by atoms with Gasteiger partial charge in [0.25, 0.3) is 5.56 Å². The zero-order valence-electron chi connectivity index (χ0n) is 14.4. The minimum absolute atomic E-state index is 0.104. The van der Waals surface area contributed by atoms with Crippen LogP contribution < -0.4 is 10.9 Å². The largest absolute Gasteiger partial charge is 0.379 e. The fraction of sp³-hybridized carbons (Fsp3) is 0.200. The molecular formula is C20H20ClN3O2. The number of nitrogens with zero attached hydrogens (tertiary/aromatic N) is 2. The molecule has 0 spiro atoms. The van der Waals surface area contributed by atoms with Crippen LogP contribution in [0.4, 0.5) is 5.69 Å². The molecule has 0 saturated carbocycles.